The Morgan fingerprint density at radius 3 is 0.720 bits per heavy atom. The van der Waals surface area contributed by atoms with Crippen molar-refractivity contribution in [3.63, 3.8) is 0 Å². The van der Waals surface area contributed by atoms with Gasteiger partial charge in [0.05, 0.1) is 0 Å². The van der Waals surface area contributed by atoms with Crippen molar-refractivity contribution in [2.45, 2.75) is 108 Å². The summed E-state index contributed by atoms with van der Waals surface area (Å²) in [6.45, 7) is 25.8. The van der Waals surface area contributed by atoms with Gasteiger partial charge in [-0.05, 0) is 77.9 Å². The lowest BCUT2D eigenvalue weighted by atomic mass is 9.96. The number of hydrogen-bond donors (Lipinski definition) is 0. The SMILES string of the molecule is CCC1(CC)C(C)C1C.CCC1(CC)C(C)C1C.CCC1C(C)C1C. The summed E-state index contributed by atoms with van der Waals surface area (Å²) < 4.78 is 0. The van der Waals surface area contributed by atoms with Crippen molar-refractivity contribution in [3.8, 4) is 0 Å². The molecule has 3 aliphatic carbocycles. The minimum absolute atomic E-state index is 0.750. The molecule has 3 aliphatic rings. The van der Waals surface area contributed by atoms with Crippen LogP contribution in [0, 0.1) is 52.3 Å². The van der Waals surface area contributed by atoms with Crippen LogP contribution >= 0.6 is 0 Å². The van der Waals surface area contributed by atoms with Gasteiger partial charge in [0, 0.05) is 0 Å². The molecule has 0 amide bonds. The van der Waals surface area contributed by atoms with Crippen LogP contribution in [0.5, 0.6) is 0 Å². The molecule has 150 valence electrons. The minimum Gasteiger partial charge on any atom is -0.0651 e. The predicted octanol–water partition coefficient (Wildman–Crippen LogP) is 8.46. The molecule has 6 unspecified atom stereocenters. The molecule has 0 spiro atoms. The average Bonchev–Trinajstić information content (AvgIpc) is 3.52. The van der Waals surface area contributed by atoms with E-state index >= 15 is 0 Å². The zero-order chi connectivity index (χ0) is 19.6. The lowest BCUT2D eigenvalue weighted by Gasteiger charge is -2.09. The summed E-state index contributed by atoms with van der Waals surface area (Å²) in [5.74, 6) is 7.11. The average molecular weight is 351 g/mol. The van der Waals surface area contributed by atoms with Crippen molar-refractivity contribution < 1.29 is 0 Å². The van der Waals surface area contributed by atoms with E-state index in [-0.39, 0.29) is 0 Å². The Labute approximate surface area is 160 Å². The van der Waals surface area contributed by atoms with Crippen LogP contribution in [0.15, 0.2) is 0 Å². The summed E-state index contributed by atoms with van der Waals surface area (Å²) in [5.41, 5.74) is 1.50. The second kappa shape index (κ2) is 8.79. The Morgan fingerprint density at radius 1 is 0.480 bits per heavy atom. The summed E-state index contributed by atoms with van der Waals surface area (Å²) in [6, 6.07) is 0. The van der Waals surface area contributed by atoms with Crippen LogP contribution in [0.25, 0.3) is 0 Å². The van der Waals surface area contributed by atoms with E-state index in [2.05, 4.69) is 76.2 Å². The molecule has 0 aromatic heterocycles. The van der Waals surface area contributed by atoms with Crippen molar-refractivity contribution >= 4 is 0 Å². The summed E-state index contributed by atoms with van der Waals surface area (Å²) in [5, 5.41) is 0. The summed E-state index contributed by atoms with van der Waals surface area (Å²) in [4.78, 5) is 0. The van der Waals surface area contributed by atoms with Crippen LogP contribution in [0.2, 0.25) is 0 Å². The highest BCUT2D eigenvalue weighted by Crippen LogP contribution is 2.63. The minimum atomic E-state index is 0.750. The zero-order valence-corrected chi connectivity index (χ0v) is 19.6. The summed E-state index contributed by atoms with van der Waals surface area (Å²) in [7, 11) is 0. The normalized spacial score (nSPS) is 41.6. The Bertz CT molecular complexity index is 331. The molecule has 0 aromatic rings. The molecule has 0 saturated heterocycles. The van der Waals surface area contributed by atoms with E-state index in [4.69, 9.17) is 0 Å². The fourth-order valence-electron chi connectivity index (χ4n) is 6.48. The Kier molecular flexibility index (Phi) is 8.10. The molecule has 0 aliphatic heterocycles. The van der Waals surface area contributed by atoms with E-state index in [1.807, 2.05) is 0 Å². The number of rotatable bonds is 5. The predicted molar refractivity (Wildman–Crippen MR) is 115 cm³/mol. The molecule has 0 heterocycles. The lowest BCUT2D eigenvalue weighted by molar-refractivity contribution is 0.411. The molecular weight excluding hydrogens is 300 g/mol. The van der Waals surface area contributed by atoms with Gasteiger partial charge in [0.1, 0.15) is 0 Å². The molecule has 0 bridgehead atoms. The van der Waals surface area contributed by atoms with Gasteiger partial charge in [-0.3, -0.25) is 0 Å². The highest BCUT2D eigenvalue weighted by atomic mass is 14.6. The van der Waals surface area contributed by atoms with E-state index in [1.165, 1.54) is 32.1 Å². The van der Waals surface area contributed by atoms with E-state index in [0.29, 0.717) is 0 Å². The maximum atomic E-state index is 2.39. The van der Waals surface area contributed by atoms with Gasteiger partial charge in [0.2, 0.25) is 0 Å². The molecule has 0 N–H and O–H groups in total. The zero-order valence-electron chi connectivity index (χ0n) is 19.6. The smallest absolute Gasteiger partial charge is 0.0246 e. The molecule has 3 saturated carbocycles. The first-order chi connectivity index (χ1) is 11.6. The van der Waals surface area contributed by atoms with Crippen LogP contribution in [-0.4, -0.2) is 0 Å². The van der Waals surface area contributed by atoms with Gasteiger partial charge in [-0.25, -0.2) is 0 Å². The molecule has 0 aromatic carbocycles. The monoisotopic (exact) mass is 350 g/mol. The second-order valence-corrected chi connectivity index (χ2v) is 9.83. The second-order valence-electron chi connectivity index (χ2n) is 9.83. The maximum Gasteiger partial charge on any atom is -0.0246 e. The summed E-state index contributed by atoms with van der Waals surface area (Å²) in [6.07, 6.45) is 6.91. The van der Waals surface area contributed by atoms with Gasteiger partial charge in [-0.1, -0.05) is 82.6 Å². The van der Waals surface area contributed by atoms with E-state index in [9.17, 15) is 0 Å². The molecule has 0 heteroatoms. The van der Waals surface area contributed by atoms with Crippen molar-refractivity contribution in [3.05, 3.63) is 0 Å². The topological polar surface area (TPSA) is 0 Å². The largest absolute Gasteiger partial charge is 0.0651 e. The Balaban J connectivity index is 0.000000189. The van der Waals surface area contributed by atoms with Crippen LogP contribution in [-0.2, 0) is 0 Å². The molecule has 0 nitrogen and oxygen atoms in total. The molecular formula is C25H50. The van der Waals surface area contributed by atoms with Crippen molar-refractivity contribution in [2.75, 3.05) is 0 Å². The van der Waals surface area contributed by atoms with E-state index < -0.39 is 0 Å². The molecule has 0 radical (unpaired) electrons. The van der Waals surface area contributed by atoms with Gasteiger partial charge >= 0.3 is 0 Å². The molecule has 3 fully saturated rings. The highest BCUT2D eigenvalue weighted by Gasteiger charge is 2.56. The fourth-order valence-corrected chi connectivity index (χ4v) is 6.48. The third-order valence-electron chi connectivity index (χ3n) is 10.1. The molecule has 6 atom stereocenters. The lowest BCUT2D eigenvalue weighted by Crippen LogP contribution is -1.99. The molecule has 25 heavy (non-hydrogen) atoms. The first kappa shape index (κ1) is 23.0. The highest BCUT2D eigenvalue weighted by molar-refractivity contribution is 5.04. The van der Waals surface area contributed by atoms with Crippen LogP contribution in [0.1, 0.15) is 108 Å². The quantitative estimate of drug-likeness (QED) is 0.466. The van der Waals surface area contributed by atoms with Gasteiger partial charge in [-0.2, -0.15) is 0 Å². The summed E-state index contributed by atoms with van der Waals surface area (Å²) >= 11 is 0. The van der Waals surface area contributed by atoms with E-state index in [1.54, 1.807) is 0 Å². The number of hydrogen-bond acceptors (Lipinski definition) is 0. The molecule has 3 rings (SSSR count). The third kappa shape index (κ3) is 4.30. The fraction of sp³-hybridized carbons (Fsp3) is 1.00. The van der Waals surface area contributed by atoms with Crippen LogP contribution < -0.4 is 0 Å². The van der Waals surface area contributed by atoms with Gasteiger partial charge < -0.3 is 0 Å². The standard InChI is InChI=1S/2C9H18.C7H14/c2*1-5-9(6-2)7(3)8(9)4;1-4-7-5(2)6(7)3/h2*7-8H,5-6H2,1-4H3;5-7H,4H2,1-3H3. The van der Waals surface area contributed by atoms with Gasteiger partial charge in [0.15, 0.2) is 0 Å². The Morgan fingerprint density at radius 2 is 0.720 bits per heavy atom. The van der Waals surface area contributed by atoms with Crippen LogP contribution in [0.3, 0.4) is 0 Å². The first-order valence-electron chi connectivity index (χ1n) is 11.6. The van der Waals surface area contributed by atoms with Gasteiger partial charge in [0.25, 0.3) is 0 Å². The van der Waals surface area contributed by atoms with Crippen molar-refractivity contribution in [2.24, 2.45) is 52.3 Å². The Hall–Kier alpha value is 0. The maximum absolute atomic E-state index is 2.39. The van der Waals surface area contributed by atoms with Crippen LogP contribution in [0.4, 0.5) is 0 Å². The van der Waals surface area contributed by atoms with Crippen molar-refractivity contribution in [1.29, 1.82) is 0 Å². The third-order valence-corrected chi connectivity index (χ3v) is 10.1. The van der Waals surface area contributed by atoms with Gasteiger partial charge in [-0.15, -0.1) is 0 Å². The van der Waals surface area contributed by atoms with Crippen molar-refractivity contribution in [1.82, 2.24) is 0 Å². The van der Waals surface area contributed by atoms with E-state index in [0.717, 1.165) is 52.3 Å². The first-order valence-corrected chi connectivity index (χ1v) is 11.6.